The van der Waals surface area contributed by atoms with Gasteiger partial charge in [-0.25, -0.2) is 9.67 Å². The molecule has 0 aliphatic carbocycles. The van der Waals surface area contributed by atoms with Crippen LogP contribution in [0.2, 0.25) is 0 Å². The standard InChI is InChI=1S/C30H31N7O3/c1-18(2)32-30(39)25-26(20(4)14-22-17-36(35-27(22)25)16-21-11-7-6-8-12-21)33-29(38)23-15-24(40-5)34-37(23)28-19(3)10-9-13-31-28/h6-15,17-18H,16H2,1-5H3,(H,32,39)(H,33,38). The van der Waals surface area contributed by atoms with E-state index in [1.807, 2.05) is 82.4 Å². The van der Waals surface area contributed by atoms with E-state index in [0.29, 0.717) is 29.1 Å². The summed E-state index contributed by atoms with van der Waals surface area (Å²) >= 11 is 0. The predicted octanol–water partition coefficient (Wildman–Crippen LogP) is 4.68. The van der Waals surface area contributed by atoms with Crippen molar-refractivity contribution in [2.45, 2.75) is 40.3 Å². The summed E-state index contributed by atoms with van der Waals surface area (Å²) in [5.74, 6) is -0.0263. The van der Waals surface area contributed by atoms with Crippen LogP contribution in [0.1, 0.15) is 51.4 Å². The number of anilines is 1. The summed E-state index contributed by atoms with van der Waals surface area (Å²) in [4.78, 5) is 31.7. The number of hydrogen-bond donors (Lipinski definition) is 2. The van der Waals surface area contributed by atoms with Crippen LogP contribution in [0.5, 0.6) is 5.88 Å². The van der Waals surface area contributed by atoms with Crippen LogP contribution in [0.3, 0.4) is 0 Å². The monoisotopic (exact) mass is 537 g/mol. The van der Waals surface area contributed by atoms with E-state index in [4.69, 9.17) is 9.84 Å². The van der Waals surface area contributed by atoms with Crippen LogP contribution in [-0.4, -0.2) is 49.5 Å². The van der Waals surface area contributed by atoms with E-state index in [1.54, 1.807) is 16.9 Å². The minimum absolute atomic E-state index is 0.115. The number of fused-ring (bicyclic) bond motifs is 1. The number of benzene rings is 2. The Balaban J connectivity index is 1.59. The first kappa shape index (κ1) is 26.6. The van der Waals surface area contributed by atoms with Gasteiger partial charge < -0.3 is 15.4 Å². The van der Waals surface area contributed by atoms with Crippen molar-refractivity contribution in [1.82, 2.24) is 29.9 Å². The van der Waals surface area contributed by atoms with Crippen LogP contribution < -0.4 is 15.4 Å². The van der Waals surface area contributed by atoms with Crippen LogP contribution in [0.25, 0.3) is 16.7 Å². The minimum atomic E-state index is -0.467. The van der Waals surface area contributed by atoms with Gasteiger partial charge in [-0.05, 0) is 56.5 Å². The molecule has 0 aliphatic heterocycles. The first-order valence-electron chi connectivity index (χ1n) is 13.0. The van der Waals surface area contributed by atoms with Gasteiger partial charge in [-0.3, -0.25) is 14.3 Å². The molecule has 5 rings (SSSR count). The number of carbonyl (C=O) groups is 2. The topological polar surface area (TPSA) is 116 Å². The van der Waals surface area contributed by atoms with E-state index in [-0.39, 0.29) is 23.5 Å². The Kier molecular flexibility index (Phi) is 7.33. The molecule has 0 unspecified atom stereocenters. The summed E-state index contributed by atoms with van der Waals surface area (Å²) in [6, 6.07) is 17.0. The Morgan fingerprint density at radius 2 is 1.75 bits per heavy atom. The summed E-state index contributed by atoms with van der Waals surface area (Å²) in [7, 11) is 1.48. The molecule has 204 valence electrons. The van der Waals surface area contributed by atoms with Crippen LogP contribution in [0, 0.1) is 13.8 Å². The Morgan fingerprint density at radius 1 is 0.975 bits per heavy atom. The third kappa shape index (κ3) is 5.28. The fourth-order valence-electron chi connectivity index (χ4n) is 4.58. The molecule has 0 atom stereocenters. The minimum Gasteiger partial charge on any atom is -0.480 e. The Bertz CT molecular complexity index is 1700. The van der Waals surface area contributed by atoms with Crippen molar-refractivity contribution >= 4 is 28.4 Å². The second-order valence-electron chi connectivity index (χ2n) is 9.90. The van der Waals surface area contributed by atoms with Gasteiger partial charge in [-0.1, -0.05) is 36.4 Å². The normalized spacial score (nSPS) is 11.2. The lowest BCUT2D eigenvalue weighted by molar-refractivity contribution is 0.0945. The quantitative estimate of drug-likeness (QED) is 0.297. The zero-order valence-corrected chi connectivity index (χ0v) is 23.1. The summed E-state index contributed by atoms with van der Waals surface area (Å²) in [6.45, 7) is 8.06. The predicted molar refractivity (Wildman–Crippen MR) is 153 cm³/mol. The third-order valence-corrected chi connectivity index (χ3v) is 6.43. The average Bonchev–Trinajstić information content (AvgIpc) is 3.53. The molecule has 2 aromatic carbocycles. The molecule has 3 heterocycles. The van der Waals surface area contributed by atoms with Gasteiger partial charge in [0.1, 0.15) is 11.2 Å². The fraction of sp³-hybridized carbons (Fsp3) is 0.233. The summed E-state index contributed by atoms with van der Waals surface area (Å²) in [5, 5.41) is 15.9. The Hall–Kier alpha value is -4.99. The number of nitrogens with one attached hydrogen (secondary N) is 2. The third-order valence-electron chi connectivity index (χ3n) is 6.43. The molecule has 0 fully saturated rings. The van der Waals surface area contributed by atoms with Crippen molar-refractivity contribution in [2.24, 2.45) is 0 Å². The maximum Gasteiger partial charge on any atom is 0.274 e. The highest BCUT2D eigenvalue weighted by molar-refractivity contribution is 6.15. The lowest BCUT2D eigenvalue weighted by atomic mass is 10.0. The number of nitrogens with zero attached hydrogens (tertiary/aromatic N) is 5. The van der Waals surface area contributed by atoms with Crippen molar-refractivity contribution in [2.75, 3.05) is 12.4 Å². The molecule has 40 heavy (non-hydrogen) atoms. The highest BCUT2D eigenvalue weighted by Crippen LogP contribution is 2.31. The number of amides is 2. The van der Waals surface area contributed by atoms with Crippen LogP contribution in [0.15, 0.2) is 67.0 Å². The maximum atomic E-state index is 13.8. The van der Waals surface area contributed by atoms with Crippen molar-refractivity contribution in [1.29, 1.82) is 0 Å². The molecule has 2 N–H and O–H groups in total. The molecule has 10 nitrogen and oxygen atoms in total. The second-order valence-corrected chi connectivity index (χ2v) is 9.90. The van der Waals surface area contributed by atoms with E-state index in [9.17, 15) is 9.59 Å². The number of hydrogen-bond acceptors (Lipinski definition) is 6. The van der Waals surface area contributed by atoms with Gasteiger partial charge in [-0.2, -0.15) is 5.10 Å². The summed E-state index contributed by atoms with van der Waals surface area (Å²) in [5.41, 5.74) is 4.04. The van der Waals surface area contributed by atoms with E-state index in [2.05, 4.69) is 20.7 Å². The van der Waals surface area contributed by atoms with E-state index < -0.39 is 5.91 Å². The van der Waals surface area contributed by atoms with Gasteiger partial charge in [0.05, 0.1) is 24.9 Å². The largest absolute Gasteiger partial charge is 0.480 e. The molecule has 0 saturated carbocycles. The molecule has 0 saturated heterocycles. The molecular weight excluding hydrogens is 506 g/mol. The molecule has 10 heteroatoms. The molecule has 0 spiro atoms. The fourth-order valence-corrected chi connectivity index (χ4v) is 4.58. The van der Waals surface area contributed by atoms with Crippen LogP contribution >= 0.6 is 0 Å². The van der Waals surface area contributed by atoms with Gasteiger partial charge in [-0.15, -0.1) is 5.10 Å². The zero-order valence-electron chi connectivity index (χ0n) is 23.1. The van der Waals surface area contributed by atoms with Crippen molar-refractivity contribution < 1.29 is 14.3 Å². The van der Waals surface area contributed by atoms with Crippen LogP contribution in [-0.2, 0) is 6.54 Å². The number of ether oxygens (including phenoxy) is 1. The van der Waals surface area contributed by atoms with Gasteiger partial charge >= 0.3 is 0 Å². The summed E-state index contributed by atoms with van der Waals surface area (Å²) in [6.07, 6.45) is 3.55. The number of aromatic nitrogens is 5. The number of aryl methyl sites for hydroxylation is 2. The summed E-state index contributed by atoms with van der Waals surface area (Å²) < 4.78 is 8.57. The molecular formula is C30H31N7O3. The Labute approximate surface area is 232 Å². The molecule has 0 radical (unpaired) electrons. The van der Waals surface area contributed by atoms with E-state index in [1.165, 1.54) is 11.8 Å². The van der Waals surface area contributed by atoms with Gasteiger partial charge in [0, 0.05) is 29.9 Å². The van der Waals surface area contributed by atoms with Crippen LogP contribution in [0.4, 0.5) is 5.69 Å². The second kappa shape index (κ2) is 11.0. The van der Waals surface area contributed by atoms with Crippen molar-refractivity contribution in [3.63, 3.8) is 0 Å². The van der Waals surface area contributed by atoms with E-state index >= 15 is 0 Å². The number of rotatable bonds is 8. The Morgan fingerprint density at radius 3 is 2.45 bits per heavy atom. The van der Waals surface area contributed by atoms with Crippen molar-refractivity contribution in [3.05, 3.63) is 94.9 Å². The molecule has 5 aromatic rings. The first-order chi connectivity index (χ1) is 19.2. The highest BCUT2D eigenvalue weighted by Gasteiger charge is 2.25. The van der Waals surface area contributed by atoms with E-state index in [0.717, 1.165) is 22.1 Å². The SMILES string of the molecule is COc1cc(C(=O)Nc2c(C)cc3cn(Cc4ccccc4)nc3c2C(=O)NC(C)C)n(-c2ncccc2C)n1. The maximum absolute atomic E-state index is 13.8. The van der Waals surface area contributed by atoms with Gasteiger partial charge in [0.15, 0.2) is 5.82 Å². The molecule has 3 aromatic heterocycles. The average molecular weight is 538 g/mol. The first-order valence-corrected chi connectivity index (χ1v) is 13.0. The zero-order chi connectivity index (χ0) is 28.4. The van der Waals surface area contributed by atoms with Gasteiger partial charge in [0.2, 0.25) is 5.88 Å². The number of carbonyl (C=O) groups excluding carboxylic acids is 2. The number of methoxy groups -OCH3 is 1. The molecule has 2 amide bonds. The number of pyridine rings is 1. The van der Waals surface area contributed by atoms with Crippen molar-refractivity contribution in [3.8, 4) is 11.7 Å². The lowest BCUT2D eigenvalue weighted by Crippen LogP contribution is -2.31. The molecule has 0 aliphatic rings. The highest BCUT2D eigenvalue weighted by atomic mass is 16.5. The lowest BCUT2D eigenvalue weighted by Gasteiger charge is -2.16. The van der Waals surface area contributed by atoms with Gasteiger partial charge in [0.25, 0.3) is 11.8 Å². The smallest absolute Gasteiger partial charge is 0.274 e. The molecule has 0 bridgehead atoms.